The zero-order valence-corrected chi connectivity index (χ0v) is 11.6. The van der Waals surface area contributed by atoms with E-state index in [0.717, 1.165) is 0 Å². The van der Waals surface area contributed by atoms with Crippen molar-refractivity contribution in [3.05, 3.63) is 42.2 Å². The molecule has 110 valence electrons. The Bertz CT molecular complexity index is 419. The predicted octanol–water partition coefficient (Wildman–Crippen LogP) is 1.62. The van der Waals surface area contributed by atoms with Gasteiger partial charge in [0, 0.05) is 31.3 Å². The van der Waals surface area contributed by atoms with Crippen LogP contribution in [0.3, 0.4) is 0 Å². The van der Waals surface area contributed by atoms with Gasteiger partial charge in [-0.25, -0.2) is 0 Å². The fourth-order valence-corrected chi connectivity index (χ4v) is 1.82. The van der Waals surface area contributed by atoms with Crippen molar-refractivity contribution in [3.63, 3.8) is 0 Å². The predicted molar refractivity (Wildman–Crippen MR) is 74.8 cm³/mol. The third-order valence-electron chi connectivity index (χ3n) is 3.06. The molecule has 1 rings (SSSR count). The van der Waals surface area contributed by atoms with E-state index < -0.39 is 6.10 Å². The number of methoxy groups -OCH3 is 1. The third-order valence-corrected chi connectivity index (χ3v) is 3.06. The summed E-state index contributed by atoms with van der Waals surface area (Å²) in [5.74, 6) is -0.530. The molecule has 0 aliphatic heterocycles. The van der Waals surface area contributed by atoms with Gasteiger partial charge < -0.3 is 14.9 Å². The molecule has 0 spiro atoms. The van der Waals surface area contributed by atoms with Crippen molar-refractivity contribution < 1.29 is 19.7 Å². The van der Waals surface area contributed by atoms with Crippen molar-refractivity contribution in [2.45, 2.75) is 25.4 Å². The molecule has 2 N–H and O–H groups in total. The van der Waals surface area contributed by atoms with Crippen molar-refractivity contribution in [2.24, 2.45) is 5.92 Å². The van der Waals surface area contributed by atoms with Crippen LogP contribution in [0.4, 0.5) is 0 Å². The summed E-state index contributed by atoms with van der Waals surface area (Å²) in [7, 11) is 1.36. The van der Waals surface area contributed by atoms with Crippen molar-refractivity contribution in [1.82, 2.24) is 4.98 Å². The maximum Gasteiger partial charge on any atom is 0.305 e. The summed E-state index contributed by atoms with van der Waals surface area (Å²) in [4.78, 5) is 14.9. The minimum atomic E-state index is -0.751. The number of nitrogens with zero attached hydrogens (tertiary/aromatic N) is 1. The van der Waals surface area contributed by atoms with E-state index in [2.05, 4.69) is 9.72 Å². The zero-order valence-electron chi connectivity index (χ0n) is 11.6. The summed E-state index contributed by atoms with van der Waals surface area (Å²) < 4.78 is 4.54. The first-order valence-corrected chi connectivity index (χ1v) is 6.59. The van der Waals surface area contributed by atoms with E-state index in [1.165, 1.54) is 7.11 Å². The molecule has 0 aliphatic carbocycles. The average Bonchev–Trinajstić information content (AvgIpc) is 2.50. The van der Waals surface area contributed by atoms with Gasteiger partial charge >= 0.3 is 5.97 Å². The SMILES string of the molecule is COC(=O)CC/C=C\C[C@@H](CO)[C@H](O)c1cccnc1. The van der Waals surface area contributed by atoms with Gasteiger partial charge in [-0.15, -0.1) is 0 Å². The zero-order chi connectivity index (χ0) is 14.8. The molecule has 0 saturated heterocycles. The Labute approximate surface area is 118 Å². The van der Waals surface area contributed by atoms with Crippen molar-refractivity contribution in [2.75, 3.05) is 13.7 Å². The lowest BCUT2D eigenvalue weighted by atomic mass is 9.94. The Hall–Kier alpha value is -1.72. The molecule has 0 fully saturated rings. The second-order valence-corrected chi connectivity index (χ2v) is 4.50. The van der Waals surface area contributed by atoms with E-state index in [0.29, 0.717) is 24.8 Å². The number of aromatic nitrogens is 1. The van der Waals surface area contributed by atoms with E-state index in [-0.39, 0.29) is 18.5 Å². The van der Waals surface area contributed by atoms with Crippen LogP contribution in [0.2, 0.25) is 0 Å². The summed E-state index contributed by atoms with van der Waals surface area (Å²) in [6.07, 6.45) is 7.66. The molecular formula is C15H21NO4. The molecule has 5 nitrogen and oxygen atoms in total. The Kier molecular flexibility index (Phi) is 7.54. The van der Waals surface area contributed by atoms with E-state index in [1.807, 2.05) is 12.2 Å². The molecule has 1 aromatic rings. The minimum absolute atomic E-state index is 0.114. The molecule has 0 aromatic carbocycles. The van der Waals surface area contributed by atoms with Crippen LogP contribution in [0.25, 0.3) is 0 Å². The minimum Gasteiger partial charge on any atom is -0.469 e. The standard InChI is InChI=1S/C15H21NO4/c1-20-14(18)8-4-2-3-6-13(11-17)15(19)12-7-5-9-16-10-12/h2-3,5,7,9-10,13,15,17,19H,4,6,8,11H2,1H3/b3-2-/t13-,15+/m0/s1. The fourth-order valence-electron chi connectivity index (χ4n) is 1.82. The topological polar surface area (TPSA) is 79.7 Å². The number of aliphatic hydroxyl groups is 2. The largest absolute Gasteiger partial charge is 0.469 e. The number of allylic oxidation sites excluding steroid dienone is 2. The Morgan fingerprint density at radius 1 is 1.50 bits per heavy atom. The van der Waals surface area contributed by atoms with Crippen LogP contribution in [-0.4, -0.2) is 34.9 Å². The Morgan fingerprint density at radius 3 is 2.90 bits per heavy atom. The number of carbonyl (C=O) groups excluding carboxylic acids is 1. The summed E-state index contributed by atoms with van der Waals surface area (Å²) in [6.45, 7) is -0.114. The molecule has 1 aromatic heterocycles. The van der Waals surface area contributed by atoms with Gasteiger partial charge in [-0.2, -0.15) is 0 Å². The van der Waals surface area contributed by atoms with Crippen LogP contribution < -0.4 is 0 Å². The molecular weight excluding hydrogens is 258 g/mol. The normalized spacial score (nSPS) is 14.2. The molecule has 0 amide bonds. The Morgan fingerprint density at radius 2 is 2.30 bits per heavy atom. The Balaban J connectivity index is 2.43. The molecule has 1 heterocycles. The quantitative estimate of drug-likeness (QED) is 0.558. The second-order valence-electron chi connectivity index (χ2n) is 4.50. The first kappa shape index (κ1) is 16.3. The molecule has 2 atom stereocenters. The van der Waals surface area contributed by atoms with E-state index in [9.17, 15) is 15.0 Å². The van der Waals surface area contributed by atoms with E-state index in [1.54, 1.807) is 24.5 Å². The number of hydrogen-bond donors (Lipinski definition) is 2. The van der Waals surface area contributed by atoms with Crippen LogP contribution in [0, 0.1) is 5.92 Å². The highest BCUT2D eigenvalue weighted by molar-refractivity contribution is 5.69. The first-order valence-electron chi connectivity index (χ1n) is 6.59. The van der Waals surface area contributed by atoms with Crippen molar-refractivity contribution in [1.29, 1.82) is 0 Å². The van der Waals surface area contributed by atoms with Gasteiger partial charge in [0.1, 0.15) is 0 Å². The van der Waals surface area contributed by atoms with E-state index >= 15 is 0 Å². The van der Waals surface area contributed by atoms with E-state index in [4.69, 9.17) is 0 Å². The summed E-state index contributed by atoms with van der Waals surface area (Å²) in [5, 5.41) is 19.5. The van der Waals surface area contributed by atoms with Crippen LogP contribution in [0.5, 0.6) is 0 Å². The van der Waals surface area contributed by atoms with Gasteiger partial charge in [0.25, 0.3) is 0 Å². The first-order chi connectivity index (χ1) is 9.69. The van der Waals surface area contributed by atoms with Crippen molar-refractivity contribution >= 4 is 5.97 Å². The van der Waals surface area contributed by atoms with Gasteiger partial charge in [0.15, 0.2) is 0 Å². The third kappa shape index (κ3) is 5.50. The summed E-state index contributed by atoms with van der Waals surface area (Å²) in [6, 6.07) is 3.53. The number of ether oxygens (including phenoxy) is 1. The highest BCUT2D eigenvalue weighted by Crippen LogP contribution is 2.24. The van der Waals surface area contributed by atoms with Gasteiger partial charge in [0.2, 0.25) is 0 Å². The highest BCUT2D eigenvalue weighted by atomic mass is 16.5. The smallest absolute Gasteiger partial charge is 0.305 e. The average molecular weight is 279 g/mol. The molecule has 0 radical (unpaired) electrons. The summed E-state index contributed by atoms with van der Waals surface area (Å²) >= 11 is 0. The molecule has 0 unspecified atom stereocenters. The van der Waals surface area contributed by atoms with Gasteiger partial charge in [-0.3, -0.25) is 9.78 Å². The van der Waals surface area contributed by atoms with Gasteiger partial charge in [-0.1, -0.05) is 18.2 Å². The fraction of sp³-hybridized carbons (Fsp3) is 0.467. The highest BCUT2D eigenvalue weighted by Gasteiger charge is 2.18. The lowest BCUT2D eigenvalue weighted by molar-refractivity contribution is -0.140. The number of hydrogen-bond acceptors (Lipinski definition) is 5. The molecule has 20 heavy (non-hydrogen) atoms. The number of aliphatic hydroxyl groups excluding tert-OH is 2. The maximum atomic E-state index is 10.9. The van der Waals surface area contributed by atoms with Crippen LogP contribution in [0.15, 0.2) is 36.7 Å². The number of carbonyl (C=O) groups is 1. The molecule has 0 saturated carbocycles. The van der Waals surface area contributed by atoms with Crippen LogP contribution >= 0.6 is 0 Å². The monoisotopic (exact) mass is 279 g/mol. The van der Waals surface area contributed by atoms with Crippen molar-refractivity contribution in [3.8, 4) is 0 Å². The number of rotatable bonds is 8. The van der Waals surface area contributed by atoms with Crippen LogP contribution in [0.1, 0.15) is 30.9 Å². The lowest BCUT2D eigenvalue weighted by Crippen LogP contribution is -2.16. The van der Waals surface area contributed by atoms with Gasteiger partial charge in [-0.05, 0) is 24.5 Å². The lowest BCUT2D eigenvalue weighted by Gasteiger charge is -2.19. The van der Waals surface area contributed by atoms with Crippen LogP contribution in [-0.2, 0) is 9.53 Å². The molecule has 5 heteroatoms. The van der Waals surface area contributed by atoms with Gasteiger partial charge in [0.05, 0.1) is 13.2 Å². The molecule has 0 aliphatic rings. The second kappa shape index (κ2) is 9.23. The maximum absolute atomic E-state index is 10.9. The molecule has 0 bridgehead atoms. The summed E-state index contributed by atoms with van der Waals surface area (Å²) in [5.41, 5.74) is 0.689. The number of esters is 1. The number of pyridine rings is 1.